The van der Waals surface area contributed by atoms with Crippen LogP contribution in [-0.4, -0.2) is 47.1 Å². The van der Waals surface area contributed by atoms with Crippen molar-refractivity contribution in [3.63, 3.8) is 0 Å². The number of amides is 2. The highest BCUT2D eigenvalue weighted by Gasteiger charge is 2.18. The third-order valence-corrected chi connectivity index (χ3v) is 4.16. The van der Waals surface area contributed by atoms with Crippen LogP contribution in [0.25, 0.3) is 5.69 Å². The molecule has 0 radical (unpaired) electrons. The van der Waals surface area contributed by atoms with Gasteiger partial charge in [-0.05, 0) is 12.1 Å². The Morgan fingerprint density at radius 2 is 1.83 bits per heavy atom. The van der Waals surface area contributed by atoms with E-state index in [1.807, 2.05) is 6.07 Å². The molecule has 0 saturated heterocycles. The number of urea groups is 1. The van der Waals surface area contributed by atoms with E-state index in [4.69, 9.17) is 25.9 Å². The Morgan fingerprint density at radius 1 is 1.07 bits per heavy atom. The maximum atomic E-state index is 12.1. The first kappa shape index (κ1) is 20.9. The molecular weight excluding hydrogens is 390 g/mol. The molecule has 2 aromatic heterocycles. The zero-order valence-corrected chi connectivity index (χ0v) is 16.8. The summed E-state index contributed by atoms with van der Waals surface area (Å²) >= 11 is 0. The summed E-state index contributed by atoms with van der Waals surface area (Å²) in [5, 5.41) is 6.25. The summed E-state index contributed by atoms with van der Waals surface area (Å²) in [6, 6.07) is 11.7. The van der Waals surface area contributed by atoms with Crippen molar-refractivity contribution in [3.05, 3.63) is 54.2 Å². The van der Waals surface area contributed by atoms with Gasteiger partial charge in [-0.2, -0.15) is 4.98 Å². The van der Waals surface area contributed by atoms with Crippen LogP contribution in [0, 0.1) is 0 Å². The van der Waals surface area contributed by atoms with Crippen molar-refractivity contribution in [2.45, 2.75) is 6.61 Å². The van der Waals surface area contributed by atoms with Gasteiger partial charge < -0.3 is 14.2 Å². The van der Waals surface area contributed by atoms with Crippen LogP contribution in [0.4, 0.5) is 10.5 Å². The molecule has 0 bridgehead atoms. The molecule has 0 saturated carbocycles. The molecular formula is C19H23N7O4. The Bertz CT molecular complexity index is 1020. The molecule has 0 aliphatic rings. The van der Waals surface area contributed by atoms with Crippen molar-refractivity contribution in [2.24, 2.45) is 11.7 Å². The van der Waals surface area contributed by atoms with E-state index in [2.05, 4.69) is 10.1 Å². The molecule has 30 heavy (non-hydrogen) atoms. The highest BCUT2D eigenvalue weighted by atomic mass is 16.5. The molecule has 4 N–H and O–H groups in total. The van der Waals surface area contributed by atoms with Crippen molar-refractivity contribution < 1.29 is 19.0 Å². The van der Waals surface area contributed by atoms with Gasteiger partial charge in [-0.1, -0.05) is 18.2 Å². The number of hydrogen-bond donors (Lipinski definition) is 2. The standard InChI is InChI=1S/C19H23N7O4/c1-24(20)19(27)26(21)14-7-5-4-6-13(14)12-30-17-10-11-25(23-17)15-8-9-16(28-2)22-18(15)29-3/h4-11H,12,20-21H2,1-3H3. The van der Waals surface area contributed by atoms with Crippen LogP contribution >= 0.6 is 0 Å². The Kier molecular flexibility index (Phi) is 6.35. The summed E-state index contributed by atoms with van der Waals surface area (Å²) in [6.07, 6.45) is 1.72. The minimum absolute atomic E-state index is 0.139. The summed E-state index contributed by atoms with van der Waals surface area (Å²) in [4.78, 5) is 16.3. The molecule has 11 heteroatoms. The molecule has 0 aliphatic carbocycles. The van der Waals surface area contributed by atoms with Crippen molar-refractivity contribution >= 4 is 11.7 Å². The highest BCUT2D eigenvalue weighted by Crippen LogP contribution is 2.25. The number of hydrogen-bond acceptors (Lipinski definition) is 8. The minimum atomic E-state index is -0.564. The summed E-state index contributed by atoms with van der Waals surface area (Å²) < 4.78 is 17.8. The largest absolute Gasteiger partial charge is 0.481 e. The van der Waals surface area contributed by atoms with Gasteiger partial charge in [-0.25, -0.2) is 26.2 Å². The minimum Gasteiger partial charge on any atom is -0.481 e. The number of benzene rings is 1. The van der Waals surface area contributed by atoms with Gasteiger partial charge in [0, 0.05) is 30.9 Å². The fraction of sp³-hybridized carbons (Fsp3) is 0.211. The highest BCUT2D eigenvalue weighted by molar-refractivity contribution is 5.91. The molecule has 0 fully saturated rings. The molecule has 3 rings (SSSR count). The number of para-hydroxylation sites is 1. The van der Waals surface area contributed by atoms with Gasteiger partial charge in [0.25, 0.3) is 0 Å². The second-order valence-corrected chi connectivity index (χ2v) is 6.16. The SMILES string of the molecule is COc1ccc(-n2ccc(OCc3ccccc3N(N)C(=O)N(C)N)n2)c(OC)n1. The predicted octanol–water partition coefficient (Wildman–Crippen LogP) is 1.47. The number of aromatic nitrogens is 3. The molecule has 0 atom stereocenters. The average Bonchev–Trinajstić information content (AvgIpc) is 3.25. The Balaban J connectivity index is 1.77. The first-order chi connectivity index (χ1) is 14.4. The molecule has 0 unspecified atom stereocenters. The first-order valence-corrected chi connectivity index (χ1v) is 8.87. The number of pyridine rings is 1. The zero-order chi connectivity index (χ0) is 21.7. The summed E-state index contributed by atoms with van der Waals surface area (Å²) in [5.74, 6) is 12.5. The van der Waals surface area contributed by atoms with E-state index in [-0.39, 0.29) is 6.61 Å². The van der Waals surface area contributed by atoms with E-state index < -0.39 is 6.03 Å². The van der Waals surface area contributed by atoms with E-state index in [1.165, 1.54) is 21.3 Å². The normalized spacial score (nSPS) is 10.4. The molecule has 158 valence electrons. The number of rotatable bonds is 7. The van der Waals surface area contributed by atoms with E-state index in [0.29, 0.717) is 34.6 Å². The van der Waals surface area contributed by atoms with Crippen LogP contribution in [-0.2, 0) is 6.61 Å². The van der Waals surface area contributed by atoms with Crippen LogP contribution in [0.3, 0.4) is 0 Å². The smallest absolute Gasteiger partial charge is 0.352 e. The Labute approximate surface area is 173 Å². The molecule has 0 aliphatic heterocycles. The molecule has 11 nitrogen and oxygen atoms in total. The molecule has 3 aromatic rings. The van der Waals surface area contributed by atoms with Crippen molar-refractivity contribution in [1.29, 1.82) is 0 Å². The number of ether oxygens (including phenoxy) is 3. The summed E-state index contributed by atoms with van der Waals surface area (Å²) in [5.41, 5.74) is 1.78. The van der Waals surface area contributed by atoms with Crippen molar-refractivity contribution in [1.82, 2.24) is 19.8 Å². The lowest BCUT2D eigenvalue weighted by Gasteiger charge is -2.22. The number of carbonyl (C=O) groups excluding carboxylic acids is 1. The predicted molar refractivity (Wildman–Crippen MR) is 109 cm³/mol. The van der Waals surface area contributed by atoms with Crippen molar-refractivity contribution in [2.75, 3.05) is 26.3 Å². The van der Waals surface area contributed by atoms with Gasteiger partial charge in [0.15, 0.2) is 0 Å². The van der Waals surface area contributed by atoms with Gasteiger partial charge in [-0.15, -0.1) is 5.10 Å². The quantitative estimate of drug-likeness (QED) is 0.338. The maximum absolute atomic E-state index is 12.1. The molecule has 0 spiro atoms. The molecule has 2 amide bonds. The van der Waals surface area contributed by atoms with E-state index >= 15 is 0 Å². The van der Waals surface area contributed by atoms with Crippen LogP contribution in [0.2, 0.25) is 0 Å². The van der Waals surface area contributed by atoms with Gasteiger partial charge in [0.1, 0.15) is 12.3 Å². The van der Waals surface area contributed by atoms with Crippen LogP contribution < -0.4 is 30.9 Å². The number of nitrogens with two attached hydrogens (primary N) is 2. The second-order valence-electron chi connectivity index (χ2n) is 6.16. The average molecular weight is 413 g/mol. The lowest BCUT2D eigenvalue weighted by molar-refractivity contribution is 0.216. The topological polar surface area (TPSA) is 134 Å². The van der Waals surface area contributed by atoms with Gasteiger partial charge in [-0.3, -0.25) is 5.01 Å². The van der Waals surface area contributed by atoms with Gasteiger partial charge >= 0.3 is 6.03 Å². The lowest BCUT2D eigenvalue weighted by atomic mass is 10.2. The van der Waals surface area contributed by atoms with Crippen molar-refractivity contribution in [3.8, 4) is 23.3 Å². The number of carbonyl (C=O) groups is 1. The van der Waals surface area contributed by atoms with E-state index in [1.54, 1.807) is 47.3 Å². The van der Waals surface area contributed by atoms with E-state index in [9.17, 15) is 4.79 Å². The Morgan fingerprint density at radius 3 is 2.53 bits per heavy atom. The second kappa shape index (κ2) is 9.11. The lowest BCUT2D eigenvalue weighted by Crippen LogP contribution is -2.49. The third-order valence-electron chi connectivity index (χ3n) is 4.16. The fourth-order valence-corrected chi connectivity index (χ4v) is 2.67. The number of methoxy groups -OCH3 is 2. The molecule has 1 aromatic carbocycles. The van der Waals surface area contributed by atoms with Crippen LogP contribution in [0.1, 0.15) is 5.56 Å². The summed E-state index contributed by atoms with van der Waals surface area (Å²) in [6.45, 7) is 0.139. The van der Waals surface area contributed by atoms with Crippen LogP contribution in [0.5, 0.6) is 17.6 Å². The maximum Gasteiger partial charge on any atom is 0.352 e. The first-order valence-electron chi connectivity index (χ1n) is 8.87. The number of hydrazine groups is 2. The van der Waals surface area contributed by atoms with Gasteiger partial charge in [0.05, 0.1) is 19.9 Å². The van der Waals surface area contributed by atoms with Gasteiger partial charge in [0.2, 0.25) is 17.6 Å². The Hall–Kier alpha value is -3.83. The zero-order valence-electron chi connectivity index (χ0n) is 16.8. The fourth-order valence-electron chi connectivity index (χ4n) is 2.67. The third kappa shape index (κ3) is 4.42. The van der Waals surface area contributed by atoms with Crippen LogP contribution in [0.15, 0.2) is 48.7 Å². The number of nitrogens with zero attached hydrogens (tertiary/aromatic N) is 5. The monoisotopic (exact) mass is 413 g/mol. The molecule has 2 heterocycles. The summed E-state index contributed by atoms with van der Waals surface area (Å²) in [7, 11) is 4.46. The number of anilines is 1. The van der Waals surface area contributed by atoms with E-state index in [0.717, 1.165) is 10.0 Å².